The summed E-state index contributed by atoms with van der Waals surface area (Å²) in [5.41, 5.74) is -0.467. The molecule has 2 rings (SSSR count). The van der Waals surface area contributed by atoms with Crippen LogP contribution in [0.15, 0.2) is 12.1 Å². The second-order valence-corrected chi connectivity index (χ2v) is 4.59. The van der Waals surface area contributed by atoms with E-state index in [2.05, 4.69) is 20.3 Å². The summed E-state index contributed by atoms with van der Waals surface area (Å²) in [5, 5.41) is 2.12. The summed E-state index contributed by atoms with van der Waals surface area (Å²) in [6.45, 7) is 3.48. The van der Waals surface area contributed by atoms with Gasteiger partial charge in [0, 0.05) is 12.1 Å². The molecule has 0 saturated heterocycles. The second-order valence-electron chi connectivity index (χ2n) is 4.25. The molecule has 0 amide bonds. The molecule has 1 aromatic carbocycles. The van der Waals surface area contributed by atoms with Gasteiger partial charge in [-0.15, -0.1) is 0 Å². The lowest BCUT2D eigenvalue weighted by atomic mass is 10.3. The number of hydrogen-bond donors (Lipinski definition) is 1. The van der Waals surface area contributed by atoms with Crippen molar-refractivity contribution in [2.24, 2.45) is 0 Å². The zero-order chi connectivity index (χ0) is 15.6. The molecule has 112 valence electrons. The molecule has 1 N–H and O–H groups in total. The number of nitrogens with one attached hydrogen (secondary N) is 1. The highest BCUT2D eigenvalue weighted by Crippen LogP contribution is 2.23. The minimum absolute atomic E-state index is 0.0928. The molecule has 0 aliphatic carbocycles. The smallest absolute Gasteiger partial charge is 0.322 e. The minimum atomic E-state index is -1.34. The Balaban J connectivity index is 2.33. The zero-order valence-corrected chi connectivity index (χ0v) is 11.7. The van der Waals surface area contributed by atoms with Gasteiger partial charge < -0.3 is 10.1 Å². The highest BCUT2D eigenvalue weighted by atomic mass is 35.5. The predicted molar refractivity (Wildman–Crippen MR) is 70.2 cm³/mol. The Labute approximate surface area is 123 Å². The van der Waals surface area contributed by atoms with Gasteiger partial charge in [-0.1, -0.05) is 0 Å². The molecule has 0 unspecified atom stereocenters. The van der Waals surface area contributed by atoms with Gasteiger partial charge in [0.15, 0.2) is 11.6 Å². The summed E-state index contributed by atoms with van der Waals surface area (Å²) in [6, 6.07) is 1.09. The lowest BCUT2D eigenvalue weighted by molar-refractivity contribution is 0.222. The van der Waals surface area contributed by atoms with Crippen molar-refractivity contribution in [2.45, 2.75) is 20.0 Å². The second kappa shape index (κ2) is 6.13. The van der Waals surface area contributed by atoms with Gasteiger partial charge in [-0.25, -0.2) is 13.2 Å². The Bertz CT molecular complexity index is 669. The van der Waals surface area contributed by atoms with E-state index in [0.717, 1.165) is 6.07 Å². The molecular weight excluding hydrogens is 309 g/mol. The fourth-order valence-electron chi connectivity index (χ4n) is 1.42. The number of nitrogens with zero attached hydrogens (tertiary/aromatic N) is 3. The van der Waals surface area contributed by atoms with Gasteiger partial charge >= 0.3 is 6.01 Å². The van der Waals surface area contributed by atoms with Gasteiger partial charge in [-0.2, -0.15) is 15.0 Å². The molecule has 0 aliphatic rings. The van der Waals surface area contributed by atoms with E-state index in [4.69, 9.17) is 16.3 Å². The number of aromatic nitrogens is 3. The maximum atomic E-state index is 13.5. The quantitative estimate of drug-likeness (QED) is 0.875. The summed E-state index contributed by atoms with van der Waals surface area (Å²) in [4.78, 5) is 11.2. The highest BCUT2D eigenvalue weighted by Gasteiger charge is 2.14. The maximum absolute atomic E-state index is 13.5. The van der Waals surface area contributed by atoms with Crippen molar-refractivity contribution in [3.8, 4) is 6.01 Å². The fourth-order valence-corrected chi connectivity index (χ4v) is 1.57. The average molecular weight is 319 g/mol. The molecule has 0 atom stereocenters. The van der Waals surface area contributed by atoms with Crippen LogP contribution in [0, 0.1) is 17.5 Å². The van der Waals surface area contributed by atoms with Gasteiger partial charge in [0.25, 0.3) is 0 Å². The van der Waals surface area contributed by atoms with Crippen LogP contribution in [0.4, 0.5) is 24.8 Å². The van der Waals surface area contributed by atoms with Gasteiger partial charge in [0.05, 0.1) is 11.8 Å². The first kappa shape index (κ1) is 15.3. The van der Waals surface area contributed by atoms with Crippen LogP contribution in [0.5, 0.6) is 6.01 Å². The van der Waals surface area contributed by atoms with Crippen molar-refractivity contribution in [3.63, 3.8) is 0 Å². The number of rotatable bonds is 4. The molecule has 9 heteroatoms. The standard InChI is InChI=1S/C12H10ClF3N4O/c1-5(2)21-12-19-10(13)18-11(20-12)17-8-4-6(14)3-7(15)9(8)16/h3-5H,1-2H3,(H,17,18,19,20). The topological polar surface area (TPSA) is 59.9 Å². The van der Waals surface area contributed by atoms with Crippen molar-refractivity contribution in [2.75, 3.05) is 5.32 Å². The van der Waals surface area contributed by atoms with Gasteiger partial charge in [0.2, 0.25) is 11.2 Å². The van der Waals surface area contributed by atoms with Crippen molar-refractivity contribution in [1.29, 1.82) is 0 Å². The molecule has 21 heavy (non-hydrogen) atoms. The van der Waals surface area contributed by atoms with Crippen molar-refractivity contribution < 1.29 is 17.9 Å². The van der Waals surface area contributed by atoms with Crippen LogP contribution in [0.25, 0.3) is 0 Å². The lowest BCUT2D eigenvalue weighted by Gasteiger charge is -2.10. The summed E-state index contributed by atoms with van der Waals surface area (Å²) in [5.74, 6) is -3.75. The van der Waals surface area contributed by atoms with Crippen LogP contribution >= 0.6 is 11.6 Å². The molecule has 1 heterocycles. The third kappa shape index (κ3) is 3.94. The molecule has 0 bridgehead atoms. The van der Waals surface area contributed by atoms with Gasteiger partial charge in [0.1, 0.15) is 5.82 Å². The molecule has 0 fully saturated rings. The number of anilines is 2. The van der Waals surface area contributed by atoms with Crippen LogP contribution in [0.1, 0.15) is 13.8 Å². The fraction of sp³-hybridized carbons (Fsp3) is 0.250. The maximum Gasteiger partial charge on any atom is 0.322 e. The average Bonchev–Trinajstić information content (AvgIpc) is 2.33. The first-order valence-electron chi connectivity index (χ1n) is 5.85. The summed E-state index contributed by atoms with van der Waals surface area (Å²) < 4.78 is 45.0. The third-order valence-corrected chi connectivity index (χ3v) is 2.34. The summed E-state index contributed by atoms with van der Waals surface area (Å²) in [7, 11) is 0. The number of halogens is 4. The molecule has 5 nitrogen and oxygen atoms in total. The Morgan fingerprint density at radius 3 is 2.52 bits per heavy atom. The van der Waals surface area contributed by atoms with Crippen LogP contribution in [-0.4, -0.2) is 21.1 Å². The number of benzene rings is 1. The number of ether oxygens (including phenoxy) is 1. The normalized spacial score (nSPS) is 10.8. The highest BCUT2D eigenvalue weighted by molar-refractivity contribution is 6.28. The molecule has 1 aromatic heterocycles. The van der Waals surface area contributed by atoms with E-state index in [1.807, 2.05) is 0 Å². The van der Waals surface area contributed by atoms with Crippen LogP contribution in [-0.2, 0) is 0 Å². The summed E-state index contributed by atoms with van der Waals surface area (Å²) in [6.07, 6.45) is -0.223. The predicted octanol–water partition coefficient (Wildman–Crippen LogP) is 3.47. The van der Waals surface area contributed by atoms with E-state index in [0.29, 0.717) is 6.07 Å². The summed E-state index contributed by atoms with van der Waals surface area (Å²) >= 11 is 5.68. The Morgan fingerprint density at radius 1 is 1.14 bits per heavy atom. The van der Waals surface area contributed by atoms with E-state index in [9.17, 15) is 13.2 Å². The molecule has 0 saturated carbocycles. The lowest BCUT2D eigenvalue weighted by Crippen LogP contribution is -2.10. The molecule has 0 radical (unpaired) electrons. The Hall–Kier alpha value is -2.09. The van der Waals surface area contributed by atoms with Crippen LogP contribution in [0.2, 0.25) is 5.28 Å². The first-order valence-corrected chi connectivity index (χ1v) is 6.22. The largest absolute Gasteiger partial charge is 0.461 e. The van der Waals surface area contributed by atoms with E-state index in [1.54, 1.807) is 13.8 Å². The van der Waals surface area contributed by atoms with Crippen LogP contribution in [0.3, 0.4) is 0 Å². The Morgan fingerprint density at radius 2 is 1.86 bits per heavy atom. The molecule has 2 aromatic rings. The molecular formula is C12H10ClF3N4O. The van der Waals surface area contributed by atoms with Crippen molar-refractivity contribution >= 4 is 23.2 Å². The van der Waals surface area contributed by atoms with Crippen molar-refractivity contribution in [1.82, 2.24) is 15.0 Å². The number of hydrogen-bond acceptors (Lipinski definition) is 5. The van der Waals surface area contributed by atoms with Crippen molar-refractivity contribution in [3.05, 3.63) is 34.9 Å². The van der Waals surface area contributed by atoms with Gasteiger partial charge in [-0.3, -0.25) is 0 Å². The zero-order valence-electron chi connectivity index (χ0n) is 11.0. The minimum Gasteiger partial charge on any atom is -0.461 e. The molecule has 0 spiro atoms. The third-order valence-electron chi connectivity index (χ3n) is 2.17. The SMILES string of the molecule is CC(C)Oc1nc(Cl)nc(Nc2cc(F)cc(F)c2F)n1. The van der Waals surface area contributed by atoms with E-state index in [-0.39, 0.29) is 23.3 Å². The first-order chi connectivity index (χ1) is 9.85. The Kier molecular flexibility index (Phi) is 4.46. The van der Waals surface area contributed by atoms with Gasteiger partial charge in [-0.05, 0) is 25.4 Å². The van der Waals surface area contributed by atoms with E-state index in [1.165, 1.54) is 0 Å². The van der Waals surface area contributed by atoms with E-state index >= 15 is 0 Å². The molecule has 0 aliphatic heterocycles. The monoisotopic (exact) mass is 318 g/mol. The van der Waals surface area contributed by atoms with E-state index < -0.39 is 23.1 Å². The van der Waals surface area contributed by atoms with Crippen LogP contribution < -0.4 is 10.1 Å².